The van der Waals surface area contributed by atoms with Gasteiger partial charge in [0.2, 0.25) is 5.91 Å². The van der Waals surface area contributed by atoms with Crippen molar-refractivity contribution in [3.8, 4) is 0 Å². The Kier molecular flexibility index (Phi) is 5.04. The molecule has 0 aliphatic heterocycles. The third kappa shape index (κ3) is 3.25. The van der Waals surface area contributed by atoms with Crippen LogP contribution in [0.3, 0.4) is 0 Å². The maximum atomic E-state index is 11.5. The number of hydrogen-bond acceptors (Lipinski definition) is 1. The Hall–Kier alpha value is -0.570. The number of carbonyl (C=O) groups is 1. The van der Waals surface area contributed by atoms with Crippen molar-refractivity contribution in [1.82, 2.24) is 10.6 Å². The molecule has 0 unspecified atom stereocenters. The van der Waals surface area contributed by atoms with Crippen LogP contribution in [0, 0.1) is 11.8 Å². The van der Waals surface area contributed by atoms with Crippen LogP contribution in [-0.4, -0.2) is 30.4 Å². The van der Waals surface area contributed by atoms with E-state index >= 15 is 0 Å². The summed E-state index contributed by atoms with van der Waals surface area (Å²) < 4.78 is 0. The van der Waals surface area contributed by atoms with Crippen LogP contribution in [0.4, 0.5) is 0 Å². The molecule has 3 heteroatoms. The molecule has 3 nitrogen and oxygen atoms in total. The molecule has 2 aliphatic carbocycles. The molecule has 2 aliphatic rings. The zero-order valence-electron chi connectivity index (χ0n) is 11.7. The van der Waals surface area contributed by atoms with Crippen molar-refractivity contribution in [2.45, 2.75) is 63.8 Å². The first-order valence-electron chi connectivity index (χ1n) is 7.62. The van der Waals surface area contributed by atoms with Crippen LogP contribution in [0.15, 0.2) is 0 Å². The highest BCUT2D eigenvalue weighted by molar-refractivity contribution is 5.77. The summed E-state index contributed by atoms with van der Waals surface area (Å²) >= 11 is 0. The quantitative estimate of drug-likeness (QED) is 0.760. The van der Waals surface area contributed by atoms with E-state index in [0.717, 1.165) is 24.7 Å². The number of nitrogens with one attached hydrogen (secondary N) is 1. The number of amides is 1. The van der Waals surface area contributed by atoms with Crippen LogP contribution >= 0.6 is 0 Å². The minimum atomic E-state index is -0.0982. The average molecular weight is 251 g/mol. The zero-order valence-corrected chi connectivity index (χ0v) is 11.7. The molecule has 0 aromatic carbocycles. The first kappa shape index (κ1) is 13.9. The Morgan fingerprint density at radius 2 is 1.56 bits per heavy atom. The normalized spacial score (nSPS) is 30.1. The van der Waals surface area contributed by atoms with E-state index in [0.29, 0.717) is 6.04 Å². The third-order valence-electron chi connectivity index (χ3n) is 5.15. The van der Waals surface area contributed by atoms with Gasteiger partial charge in [-0.15, -0.1) is 0 Å². The van der Waals surface area contributed by atoms with Crippen molar-refractivity contribution in [2.24, 2.45) is 11.8 Å². The number of rotatable bonds is 3. The monoisotopic (exact) mass is 251 g/mol. The highest BCUT2D eigenvalue weighted by Gasteiger charge is 2.30. The lowest BCUT2D eigenvalue weighted by molar-refractivity contribution is -0.131. The molecule has 103 valence electrons. The van der Waals surface area contributed by atoms with Crippen molar-refractivity contribution >= 4 is 5.91 Å². The lowest BCUT2D eigenvalue weighted by atomic mass is 9.72. The summed E-state index contributed by atoms with van der Waals surface area (Å²) in [5.41, 5.74) is 7.17. The van der Waals surface area contributed by atoms with E-state index < -0.39 is 0 Å². The minimum absolute atomic E-state index is 0.0175. The van der Waals surface area contributed by atoms with Crippen molar-refractivity contribution in [3.63, 3.8) is 0 Å². The number of likely N-dealkylation sites (N-methyl/N-ethyl adjacent to an activating group) is 1. The van der Waals surface area contributed by atoms with Crippen LogP contribution < -0.4 is 5.73 Å². The van der Waals surface area contributed by atoms with Crippen LogP contribution in [0.1, 0.15) is 57.8 Å². The van der Waals surface area contributed by atoms with Crippen molar-refractivity contribution < 1.29 is 4.79 Å². The first-order chi connectivity index (χ1) is 8.72. The molecular formula is C15H27N2O. The van der Waals surface area contributed by atoms with Crippen molar-refractivity contribution in [2.75, 3.05) is 13.6 Å². The molecule has 0 spiro atoms. The van der Waals surface area contributed by atoms with E-state index in [2.05, 4.69) is 0 Å². The summed E-state index contributed by atoms with van der Waals surface area (Å²) in [7, 11) is 1.88. The standard InChI is InChI=1S/C15H27N2O/c1-17(15(18)11-16)14-9-7-13(8-10-14)12-5-3-2-4-6-12/h12-14,16H,2-11H2,1H3. The van der Waals surface area contributed by atoms with Crippen LogP contribution in [0.2, 0.25) is 0 Å². The maximum Gasteiger partial charge on any atom is 0.237 e. The Morgan fingerprint density at radius 1 is 1.00 bits per heavy atom. The molecule has 0 saturated heterocycles. The predicted molar refractivity (Wildman–Crippen MR) is 73.1 cm³/mol. The summed E-state index contributed by atoms with van der Waals surface area (Å²) in [6.07, 6.45) is 12.1. The summed E-state index contributed by atoms with van der Waals surface area (Å²) in [6.45, 7) is -0.0982. The Morgan fingerprint density at radius 3 is 2.11 bits per heavy atom. The molecule has 18 heavy (non-hydrogen) atoms. The number of nitrogens with zero attached hydrogens (tertiary/aromatic N) is 1. The Bertz CT molecular complexity index is 266. The molecule has 0 bridgehead atoms. The van der Waals surface area contributed by atoms with Gasteiger partial charge in [0, 0.05) is 13.1 Å². The molecule has 2 fully saturated rings. The summed E-state index contributed by atoms with van der Waals surface area (Å²) in [5.74, 6) is 1.87. The summed E-state index contributed by atoms with van der Waals surface area (Å²) in [4.78, 5) is 13.4. The molecule has 0 aromatic heterocycles. The molecule has 1 radical (unpaired) electrons. The molecule has 0 aromatic rings. The molecular weight excluding hydrogens is 224 g/mol. The van der Waals surface area contributed by atoms with E-state index in [1.54, 1.807) is 0 Å². The molecule has 0 heterocycles. The fourth-order valence-electron chi connectivity index (χ4n) is 3.89. The molecule has 2 saturated carbocycles. The third-order valence-corrected chi connectivity index (χ3v) is 5.15. The Labute approximate surface area is 111 Å². The second-order valence-corrected chi connectivity index (χ2v) is 6.15. The fraction of sp³-hybridized carbons (Fsp3) is 0.933. The molecule has 1 N–H and O–H groups in total. The largest absolute Gasteiger partial charge is 0.342 e. The average Bonchev–Trinajstić information content (AvgIpc) is 2.47. The maximum absolute atomic E-state index is 11.5. The number of hydrogen-bond donors (Lipinski definition) is 0. The van der Waals surface area contributed by atoms with Gasteiger partial charge in [-0.2, -0.15) is 0 Å². The zero-order chi connectivity index (χ0) is 13.0. The van der Waals surface area contributed by atoms with Gasteiger partial charge in [0.25, 0.3) is 0 Å². The van der Waals surface area contributed by atoms with Gasteiger partial charge in [0.05, 0.1) is 6.54 Å². The van der Waals surface area contributed by atoms with Crippen molar-refractivity contribution in [1.29, 1.82) is 0 Å². The second kappa shape index (κ2) is 6.55. The second-order valence-electron chi connectivity index (χ2n) is 6.15. The van der Waals surface area contributed by atoms with Gasteiger partial charge in [-0.1, -0.05) is 32.1 Å². The first-order valence-corrected chi connectivity index (χ1v) is 7.62. The summed E-state index contributed by atoms with van der Waals surface area (Å²) in [6, 6.07) is 0.405. The molecule has 2 rings (SSSR count). The van der Waals surface area contributed by atoms with E-state index in [-0.39, 0.29) is 12.5 Å². The van der Waals surface area contributed by atoms with Crippen LogP contribution in [0.5, 0.6) is 0 Å². The fourth-order valence-corrected chi connectivity index (χ4v) is 3.89. The molecule has 0 atom stereocenters. The van der Waals surface area contributed by atoms with Gasteiger partial charge < -0.3 is 4.90 Å². The highest BCUT2D eigenvalue weighted by Crippen LogP contribution is 2.39. The lowest BCUT2D eigenvalue weighted by Gasteiger charge is -2.38. The van der Waals surface area contributed by atoms with Gasteiger partial charge in [-0.3, -0.25) is 4.79 Å². The van der Waals surface area contributed by atoms with Gasteiger partial charge in [-0.05, 0) is 37.5 Å². The van der Waals surface area contributed by atoms with E-state index in [1.165, 1.54) is 44.9 Å². The van der Waals surface area contributed by atoms with E-state index in [1.807, 2.05) is 11.9 Å². The van der Waals surface area contributed by atoms with Gasteiger partial charge in [0.1, 0.15) is 0 Å². The highest BCUT2D eigenvalue weighted by atomic mass is 16.2. The van der Waals surface area contributed by atoms with Gasteiger partial charge in [0.15, 0.2) is 0 Å². The van der Waals surface area contributed by atoms with Crippen molar-refractivity contribution in [3.05, 3.63) is 0 Å². The number of carbonyl (C=O) groups excluding carboxylic acids is 1. The Balaban J connectivity index is 1.78. The SMILES string of the molecule is CN(C(=O)C[NH])C1CCC(C2CCCCC2)CC1. The van der Waals surface area contributed by atoms with E-state index in [9.17, 15) is 4.79 Å². The lowest BCUT2D eigenvalue weighted by Crippen LogP contribution is -2.41. The molecule has 1 amide bonds. The van der Waals surface area contributed by atoms with Gasteiger partial charge in [-0.25, -0.2) is 5.73 Å². The topological polar surface area (TPSA) is 44.1 Å². The smallest absolute Gasteiger partial charge is 0.237 e. The van der Waals surface area contributed by atoms with Crippen LogP contribution in [-0.2, 0) is 4.79 Å². The van der Waals surface area contributed by atoms with Crippen LogP contribution in [0.25, 0.3) is 0 Å². The van der Waals surface area contributed by atoms with Gasteiger partial charge >= 0.3 is 0 Å². The minimum Gasteiger partial charge on any atom is -0.342 e. The predicted octanol–water partition coefficient (Wildman–Crippen LogP) is 2.87. The van der Waals surface area contributed by atoms with E-state index in [4.69, 9.17) is 5.73 Å². The summed E-state index contributed by atoms with van der Waals surface area (Å²) in [5, 5.41) is 0.